The van der Waals surface area contributed by atoms with Gasteiger partial charge in [-0.15, -0.1) is 0 Å². The number of hydrogen-bond acceptors (Lipinski definition) is 3. The molecule has 6 nitrogen and oxygen atoms in total. The number of likely N-dealkylation sites (N-methyl/N-ethyl adjacent to an activating group) is 1. The second kappa shape index (κ2) is 10.8. The first kappa shape index (κ1) is 24.2. The molecule has 1 aromatic rings. The molecule has 1 aliphatic carbocycles. The highest BCUT2D eigenvalue weighted by Gasteiger charge is 2.29. The molecule has 0 aliphatic heterocycles. The molecule has 0 saturated heterocycles. The van der Waals surface area contributed by atoms with E-state index in [1.54, 1.807) is 6.07 Å². The van der Waals surface area contributed by atoms with Gasteiger partial charge < -0.3 is 20.4 Å². The van der Waals surface area contributed by atoms with Crippen LogP contribution in [0.2, 0.25) is 5.02 Å². The second-order valence-electron chi connectivity index (χ2n) is 8.33. The van der Waals surface area contributed by atoms with Crippen LogP contribution in [-0.2, 0) is 4.79 Å². The Bertz CT molecular complexity index is 786. The van der Waals surface area contributed by atoms with Crippen LogP contribution in [0.3, 0.4) is 0 Å². The summed E-state index contributed by atoms with van der Waals surface area (Å²) in [6, 6.07) is 4.82. The van der Waals surface area contributed by atoms with E-state index < -0.39 is 0 Å². The molecule has 1 aliphatic rings. The summed E-state index contributed by atoms with van der Waals surface area (Å²) in [6.45, 7) is 8.77. The minimum atomic E-state index is -0.286. The summed E-state index contributed by atoms with van der Waals surface area (Å²) in [5.41, 5.74) is 2.76. The maximum Gasteiger partial charge on any atom is 0.251 e. The highest BCUT2D eigenvalue weighted by atomic mass is 35.5. The predicted octanol–water partition coefficient (Wildman–Crippen LogP) is 1.96. The van der Waals surface area contributed by atoms with Crippen LogP contribution in [-0.4, -0.2) is 58.1 Å². The first-order chi connectivity index (χ1) is 14.2. The fourth-order valence-corrected chi connectivity index (χ4v) is 4.54. The predicted molar refractivity (Wildman–Crippen MR) is 124 cm³/mol. The van der Waals surface area contributed by atoms with Crippen molar-refractivity contribution < 1.29 is 14.5 Å². The molecule has 0 spiro atoms. The molecule has 0 radical (unpaired) electrons. The van der Waals surface area contributed by atoms with Gasteiger partial charge in [-0.05, 0) is 44.4 Å². The van der Waals surface area contributed by atoms with Crippen molar-refractivity contribution in [2.24, 2.45) is 0 Å². The summed E-state index contributed by atoms with van der Waals surface area (Å²) in [5.74, 6) is -0.539. The number of anilines is 1. The molecule has 166 valence electrons. The molecule has 1 saturated carbocycles. The number of halogens is 1. The molecular formula is C23H36ClN4O2+. The van der Waals surface area contributed by atoms with Gasteiger partial charge in [-0.1, -0.05) is 18.2 Å². The largest absolute Gasteiger partial charge is 0.369 e. The Kier molecular flexibility index (Phi) is 8.74. The molecule has 7 heteroatoms. The molecule has 3 N–H and O–H groups in total. The maximum atomic E-state index is 12.8. The summed E-state index contributed by atoms with van der Waals surface area (Å²) in [6.07, 6.45) is 4.70. The smallest absolute Gasteiger partial charge is 0.251 e. The topological polar surface area (TPSA) is 65.9 Å². The van der Waals surface area contributed by atoms with Crippen LogP contribution >= 0.6 is 11.6 Å². The Morgan fingerprint density at radius 3 is 2.40 bits per heavy atom. The highest BCUT2D eigenvalue weighted by molar-refractivity contribution is 6.31. The van der Waals surface area contributed by atoms with Gasteiger partial charge in [-0.25, -0.2) is 0 Å². The zero-order valence-electron chi connectivity index (χ0n) is 18.9. The molecule has 0 bridgehead atoms. The van der Waals surface area contributed by atoms with Crippen molar-refractivity contribution in [3.8, 4) is 0 Å². The fraction of sp³-hybridized carbons (Fsp3) is 0.565. The number of carbonyl (C=O) groups excluding carboxylic acids is 2. The van der Waals surface area contributed by atoms with E-state index in [9.17, 15) is 9.59 Å². The zero-order valence-corrected chi connectivity index (χ0v) is 19.7. The number of hydrogen-bond donors (Lipinski definition) is 3. The third-order valence-electron chi connectivity index (χ3n) is 6.20. The summed E-state index contributed by atoms with van der Waals surface area (Å²) in [7, 11) is 6.00. The van der Waals surface area contributed by atoms with E-state index in [0.29, 0.717) is 22.2 Å². The van der Waals surface area contributed by atoms with Crippen LogP contribution in [0.25, 0.3) is 0 Å². The number of carbonyl (C=O) groups is 2. The standard InChI is InChI=1S/C23H35ClN4O2/c1-7-28(19-10-8-18(9-11-19)27(5)6)21-13-17(24)12-20(16(21)3)23(30)26-14-15(2)22(29)25-4/h12-13,18-19H,2,7-11,14H2,1,3-6H3,(H,25,29)(H,26,30)/p+1. The third kappa shape index (κ3) is 5.76. The van der Waals surface area contributed by atoms with Gasteiger partial charge in [0.2, 0.25) is 5.91 Å². The molecule has 0 heterocycles. The SMILES string of the molecule is C=C(CNC(=O)c1cc(Cl)cc(N(CC)C2CCC([NH+](C)C)CC2)c1C)C(=O)NC. The van der Waals surface area contributed by atoms with Crippen molar-refractivity contribution in [1.82, 2.24) is 10.6 Å². The summed E-state index contributed by atoms with van der Waals surface area (Å²) >= 11 is 6.41. The molecule has 0 unspecified atom stereocenters. The first-order valence-electron chi connectivity index (χ1n) is 10.7. The summed E-state index contributed by atoms with van der Waals surface area (Å²) in [5, 5.41) is 5.83. The van der Waals surface area contributed by atoms with Crippen molar-refractivity contribution >= 4 is 29.1 Å². The third-order valence-corrected chi connectivity index (χ3v) is 6.42. The van der Waals surface area contributed by atoms with Gasteiger partial charge in [0.05, 0.1) is 20.1 Å². The van der Waals surface area contributed by atoms with Gasteiger partial charge in [-0.2, -0.15) is 0 Å². The van der Waals surface area contributed by atoms with Crippen molar-refractivity contribution in [2.75, 3.05) is 39.1 Å². The van der Waals surface area contributed by atoms with Gasteiger partial charge in [0, 0.05) is 60.9 Å². The normalized spacial score (nSPS) is 18.8. The minimum Gasteiger partial charge on any atom is -0.369 e. The molecule has 2 amide bonds. The molecule has 1 aromatic carbocycles. The van der Waals surface area contributed by atoms with E-state index in [1.807, 2.05) is 13.0 Å². The molecular weight excluding hydrogens is 400 g/mol. The highest BCUT2D eigenvalue weighted by Crippen LogP contribution is 2.33. The Hall–Kier alpha value is -2.05. The molecule has 0 atom stereocenters. The van der Waals surface area contributed by atoms with E-state index in [1.165, 1.54) is 24.8 Å². The average Bonchev–Trinajstić information content (AvgIpc) is 2.74. The lowest BCUT2D eigenvalue weighted by Crippen LogP contribution is -3.10. The molecule has 1 fully saturated rings. The van der Waals surface area contributed by atoms with E-state index in [0.717, 1.165) is 36.7 Å². The van der Waals surface area contributed by atoms with Crippen LogP contribution in [0.5, 0.6) is 0 Å². The molecule has 2 rings (SSSR count). The van der Waals surface area contributed by atoms with Crippen LogP contribution in [0.1, 0.15) is 48.5 Å². The van der Waals surface area contributed by atoms with Crippen molar-refractivity contribution in [3.05, 3.63) is 40.4 Å². The quantitative estimate of drug-likeness (QED) is 0.547. The second-order valence-corrected chi connectivity index (χ2v) is 8.77. The fourth-order valence-electron chi connectivity index (χ4n) is 4.33. The number of benzene rings is 1. The van der Waals surface area contributed by atoms with Crippen LogP contribution in [0.15, 0.2) is 24.3 Å². The van der Waals surface area contributed by atoms with Gasteiger partial charge in [0.15, 0.2) is 0 Å². The average molecular weight is 436 g/mol. The minimum absolute atomic E-state index is 0.0914. The lowest BCUT2D eigenvalue weighted by atomic mass is 9.89. The van der Waals surface area contributed by atoms with Crippen molar-refractivity contribution in [3.63, 3.8) is 0 Å². The van der Waals surface area contributed by atoms with Gasteiger partial charge in [-0.3, -0.25) is 9.59 Å². The number of amides is 2. The Morgan fingerprint density at radius 1 is 1.23 bits per heavy atom. The number of nitrogens with one attached hydrogen (secondary N) is 3. The van der Waals surface area contributed by atoms with Crippen molar-refractivity contribution in [2.45, 2.75) is 51.6 Å². The van der Waals surface area contributed by atoms with Gasteiger partial charge in [0.1, 0.15) is 0 Å². The van der Waals surface area contributed by atoms with Crippen LogP contribution < -0.4 is 20.4 Å². The van der Waals surface area contributed by atoms with Crippen LogP contribution in [0, 0.1) is 6.92 Å². The maximum absolute atomic E-state index is 12.8. The number of quaternary nitrogens is 1. The Balaban J connectivity index is 2.20. The lowest BCUT2D eigenvalue weighted by molar-refractivity contribution is -0.887. The van der Waals surface area contributed by atoms with Crippen LogP contribution in [0.4, 0.5) is 5.69 Å². The monoisotopic (exact) mass is 435 g/mol. The molecule has 30 heavy (non-hydrogen) atoms. The summed E-state index contributed by atoms with van der Waals surface area (Å²) in [4.78, 5) is 28.4. The zero-order chi connectivity index (χ0) is 22.4. The number of rotatable bonds is 8. The van der Waals surface area contributed by atoms with E-state index >= 15 is 0 Å². The van der Waals surface area contributed by atoms with E-state index in [4.69, 9.17) is 11.6 Å². The Morgan fingerprint density at radius 2 is 1.87 bits per heavy atom. The number of nitrogens with zero attached hydrogens (tertiary/aromatic N) is 1. The van der Waals surface area contributed by atoms with E-state index in [-0.39, 0.29) is 18.4 Å². The Labute approximate surface area is 185 Å². The van der Waals surface area contributed by atoms with E-state index in [2.05, 4.69) is 43.1 Å². The molecule has 0 aromatic heterocycles. The first-order valence-corrected chi connectivity index (χ1v) is 11.1. The van der Waals surface area contributed by atoms with Gasteiger partial charge in [0.25, 0.3) is 5.91 Å². The lowest BCUT2D eigenvalue weighted by Gasteiger charge is -2.39. The summed E-state index contributed by atoms with van der Waals surface area (Å²) < 4.78 is 0. The van der Waals surface area contributed by atoms with Crippen molar-refractivity contribution in [1.29, 1.82) is 0 Å². The van der Waals surface area contributed by atoms with Gasteiger partial charge >= 0.3 is 0 Å².